The van der Waals surface area contributed by atoms with Crippen LogP contribution in [0.5, 0.6) is 0 Å². The van der Waals surface area contributed by atoms with Gasteiger partial charge >= 0.3 is 0 Å². The third-order valence-corrected chi connectivity index (χ3v) is 7.77. The molecule has 3 N–H and O–H groups in total. The van der Waals surface area contributed by atoms with E-state index in [1.54, 1.807) is 11.9 Å². The van der Waals surface area contributed by atoms with E-state index in [1.807, 2.05) is 34.6 Å². The van der Waals surface area contributed by atoms with Gasteiger partial charge in [0.25, 0.3) is 0 Å². The molecule has 0 aromatic heterocycles. The fraction of sp³-hybridized carbons (Fsp3) is 0.885. The lowest BCUT2D eigenvalue weighted by atomic mass is 9.66. The van der Waals surface area contributed by atoms with E-state index in [4.69, 9.17) is 4.74 Å². The molecule has 0 aliphatic carbocycles. The number of ether oxygens (including phenoxy) is 1. The molecule has 3 rings (SSSR count). The van der Waals surface area contributed by atoms with E-state index in [2.05, 4.69) is 31.4 Å². The predicted molar refractivity (Wildman–Crippen MR) is 130 cm³/mol. The average Bonchev–Trinajstić information content (AvgIpc) is 3.24. The Hall–Kier alpha value is -1.67. The number of likely N-dealkylation sites (tertiary alicyclic amines) is 1. The highest BCUT2D eigenvalue weighted by molar-refractivity contribution is 5.99. The minimum absolute atomic E-state index is 0.00579. The van der Waals surface area contributed by atoms with E-state index in [-0.39, 0.29) is 35.7 Å². The SMILES string of the molecule is CNC(=O)[C@@H]1[C@H]2C(=O)N([C@@H](CO)CC(C)C)C(C(=O)NC(C)(C)CC(C)(C)C)C23CC[C@@]1(C)O3. The molecule has 2 bridgehead atoms. The van der Waals surface area contributed by atoms with Crippen LogP contribution in [0, 0.1) is 23.2 Å². The molecule has 34 heavy (non-hydrogen) atoms. The normalized spacial score (nSPS) is 33.9. The van der Waals surface area contributed by atoms with Crippen molar-refractivity contribution in [2.45, 2.75) is 110 Å². The first-order valence-corrected chi connectivity index (χ1v) is 12.7. The second-order valence-electron chi connectivity index (χ2n) is 13.2. The molecule has 0 radical (unpaired) electrons. The van der Waals surface area contributed by atoms with Crippen molar-refractivity contribution < 1.29 is 24.2 Å². The van der Waals surface area contributed by atoms with Gasteiger partial charge < -0.3 is 25.4 Å². The average molecular weight is 480 g/mol. The molecule has 8 heteroatoms. The molecule has 194 valence electrons. The molecular weight excluding hydrogens is 434 g/mol. The van der Waals surface area contributed by atoms with E-state index >= 15 is 0 Å². The highest BCUT2D eigenvalue weighted by atomic mass is 16.5. The lowest BCUT2D eigenvalue weighted by Crippen LogP contribution is -2.61. The van der Waals surface area contributed by atoms with Crippen molar-refractivity contribution >= 4 is 17.7 Å². The zero-order valence-electron chi connectivity index (χ0n) is 22.4. The van der Waals surface area contributed by atoms with Gasteiger partial charge in [-0.2, -0.15) is 0 Å². The van der Waals surface area contributed by atoms with Gasteiger partial charge in [0, 0.05) is 12.6 Å². The van der Waals surface area contributed by atoms with Crippen molar-refractivity contribution in [2.75, 3.05) is 13.7 Å². The monoisotopic (exact) mass is 479 g/mol. The van der Waals surface area contributed by atoms with Crippen molar-refractivity contribution in [2.24, 2.45) is 23.2 Å². The van der Waals surface area contributed by atoms with Crippen LogP contribution in [0.1, 0.15) is 81.1 Å². The van der Waals surface area contributed by atoms with Gasteiger partial charge in [0.1, 0.15) is 11.6 Å². The summed E-state index contributed by atoms with van der Waals surface area (Å²) >= 11 is 0. The second kappa shape index (κ2) is 8.77. The van der Waals surface area contributed by atoms with E-state index in [9.17, 15) is 19.5 Å². The standard InChI is InChI=1S/C26H45N3O5/c1-15(2)12-16(13-30)29-19(21(32)28-24(6,7)14-23(3,4)5)26-11-10-25(8,34-26)17(20(31)27-9)18(26)22(29)33/h15-19,30H,10-14H2,1-9H3,(H,27,31)(H,28,32)/t16-,17+,18+,19?,25-,26?/m1/s1. The molecule has 2 unspecified atom stereocenters. The van der Waals surface area contributed by atoms with Gasteiger partial charge in [-0.25, -0.2) is 0 Å². The van der Waals surface area contributed by atoms with Crippen molar-refractivity contribution in [3.05, 3.63) is 0 Å². The molecule has 3 amide bonds. The van der Waals surface area contributed by atoms with Gasteiger partial charge in [-0.15, -0.1) is 0 Å². The summed E-state index contributed by atoms with van der Waals surface area (Å²) in [6, 6.07) is -1.41. The first-order valence-electron chi connectivity index (χ1n) is 12.7. The lowest BCUT2D eigenvalue weighted by molar-refractivity contribution is -0.150. The predicted octanol–water partition coefficient (Wildman–Crippen LogP) is 2.24. The van der Waals surface area contributed by atoms with Crippen LogP contribution >= 0.6 is 0 Å². The van der Waals surface area contributed by atoms with Crippen LogP contribution in [-0.2, 0) is 19.1 Å². The number of amides is 3. The number of fused-ring (bicyclic) bond motifs is 1. The van der Waals surface area contributed by atoms with Crippen molar-refractivity contribution in [1.29, 1.82) is 0 Å². The quantitative estimate of drug-likeness (QED) is 0.495. The first-order chi connectivity index (χ1) is 15.5. The fourth-order valence-corrected chi connectivity index (χ4v) is 7.21. The highest BCUT2D eigenvalue weighted by Crippen LogP contribution is 2.63. The molecule has 0 aromatic rings. The van der Waals surface area contributed by atoms with Gasteiger partial charge in [0.15, 0.2) is 0 Å². The topological polar surface area (TPSA) is 108 Å². The number of carbonyl (C=O) groups is 3. The van der Waals surface area contributed by atoms with Gasteiger partial charge in [0.05, 0.1) is 30.1 Å². The Bertz CT molecular complexity index is 835. The summed E-state index contributed by atoms with van der Waals surface area (Å²) in [5, 5.41) is 16.2. The van der Waals surface area contributed by atoms with Gasteiger partial charge in [0.2, 0.25) is 17.7 Å². The summed E-state index contributed by atoms with van der Waals surface area (Å²) in [4.78, 5) is 42.6. The van der Waals surface area contributed by atoms with Crippen LogP contribution in [0.3, 0.4) is 0 Å². The maximum atomic E-state index is 14.0. The molecule has 3 saturated heterocycles. The Morgan fingerprint density at radius 1 is 1.18 bits per heavy atom. The molecule has 1 spiro atoms. The van der Waals surface area contributed by atoms with Gasteiger partial charge in [-0.1, -0.05) is 34.6 Å². The molecule has 3 fully saturated rings. The second-order valence-corrected chi connectivity index (χ2v) is 13.2. The van der Waals surface area contributed by atoms with Gasteiger partial charge in [-0.05, 0) is 57.8 Å². The zero-order chi connectivity index (χ0) is 25.9. The van der Waals surface area contributed by atoms with E-state index in [0.717, 1.165) is 6.42 Å². The van der Waals surface area contributed by atoms with Crippen molar-refractivity contribution in [1.82, 2.24) is 15.5 Å². The number of hydrogen-bond donors (Lipinski definition) is 3. The zero-order valence-corrected chi connectivity index (χ0v) is 22.4. The minimum atomic E-state index is -1.07. The molecular formula is C26H45N3O5. The molecule has 0 aromatic carbocycles. The number of aliphatic hydroxyl groups is 1. The highest BCUT2D eigenvalue weighted by Gasteiger charge is 2.78. The number of hydrogen-bond acceptors (Lipinski definition) is 5. The number of nitrogens with one attached hydrogen (secondary N) is 2. The molecule has 6 atom stereocenters. The molecule has 8 nitrogen and oxygen atoms in total. The van der Waals surface area contributed by atoms with Crippen LogP contribution in [0.25, 0.3) is 0 Å². The van der Waals surface area contributed by atoms with E-state index < -0.39 is 40.7 Å². The number of nitrogens with zero attached hydrogens (tertiary/aromatic N) is 1. The first kappa shape index (κ1) is 26.9. The summed E-state index contributed by atoms with van der Waals surface area (Å²) in [5.41, 5.74) is -2.38. The number of rotatable bonds is 8. The summed E-state index contributed by atoms with van der Waals surface area (Å²) in [6.45, 7) is 16.1. The number of aliphatic hydroxyl groups excluding tert-OH is 1. The summed E-state index contributed by atoms with van der Waals surface area (Å²) in [5.74, 6) is -1.96. The number of carbonyl (C=O) groups excluding carboxylic acids is 3. The fourth-order valence-electron chi connectivity index (χ4n) is 7.21. The van der Waals surface area contributed by atoms with Crippen molar-refractivity contribution in [3.8, 4) is 0 Å². The van der Waals surface area contributed by atoms with Gasteiger partial charge in [-0.3, -0.25) is 14.4 Å². The summed E-state index contributed by atoms with van der Waals surface area (Å²) in [7, 11) is 1.57. The lowest BCUT2D eigenvalue weighted by Gasteiger charge is -2.40. The Morgan fingerprint density at radius 2 is 1.79 bits per heavy atom. The molecule has 0 saturated carbocycles. The van der Waals surface area contributed by atoms with Crippen LogP contribution in [0.2, 0.25) is 0 Å². The molecule has 3 heterocycles. The third-order valence-electron chi connectivity index (χ3n) is 7.77. The maximum Gasteiger partial charge on any atom is 0.246 e. The summed E-state index contributed by atoms with van der Waals surface area (Å²) < 4.78 is 6.59. The van der Waals surface area contributed by atoms with E-state index in [1.165, 1.54) is 0 Å². The molecule has 3 aliphatic rings. The minimum Gasteiger partial charge on any atom is -0.394 e. The van der Waals surface area contributed by atoms with Crippen LogP contribution in [-0.4, -0.2) is 70.2 Å². The summed E-state index contributed by atoms with van der Waals surface area (Å²) in [6.07, 6.45) is 2.44. The van der Waals surface area contributed by atoms with Crippen LogP contribution < -0.4 is 10.6 Å². The third kappa shape index (κ3) is 4.48. The van der Waals surface area contributed by atoms with Crippen LogP contribution in [0.4, 0.5) is 0 Å². The van der Waals surface area contributed by atoms with Crippen molar-refractivity contribution in [3.63, 3.8) is 0 Å². The Labute approximate surface area is 204 Å². The Morgan fingerprint density at radius 3 is 2.29 bits per heavy atom. The smallest absolute Gasteiger partial charge is 0.246 e. The maximum absolute atomic E-state index is 14.0. The Balaban J connectivity index is 2.07. The molecule has 3 aliphatic heterocycles. The van der Waals surface area contributed by atoms with E-state index in [0.29, 0.717) is 19.3 Å². The largest absolute Gasteiger partial charge is 0.394 e. The van der Waals surface area contributed by atoms with Crippen LogP contribution in [0.15, 0.2) is 0 Å². The Kier molecular flexibility index (Phi) is 6.94.